The molecular formula is C16H13NO4S. The number of esters is 1. The van der Waals surface area contributed by atoms with Gasteiger partial charge in [-0.1, -0.05) is 30.3 Å². The van der Waals surface area contributed by atoms with Crippen LogP contribution in [0.1, 0.15) is 26.3 Å². The van der Waals surface area contributed by atoms with Gasteiger partial charge in [0, 0.05) is 23.9 Å². The van der Waals surface area contributed by atoms with Crippen molar-refractivity contribution in [2.75, 3.05) is 12.9 Å². The molecule has 22 heavy (non-hydrogen) atoms. The van der Waals surface area contributed by atoms with E-state index in [1.807, 2.05) is 6.07 Å². The first kappa shape index (κ1) is 14.6. The number of thioether (sulfide) groups is 1. The van der Waals surface area contributed by atoms with E-state index in [0.29, 0.717) is 22.9 Å². The highest BCUT2D eigenvalue weighted by atomic mass is 32.2. The van der Waals surface area contributed by atoms with E-state index in [-0.39, 0.29) is 22.5 Å². The lowest BCUT2D eigenvalue weighted by molar-refractivity contribution is 0.0596. The summed E-state index contributed by atoms with van der Waals surface area (Å²) in [5.41, 5.74) is 0.466. The number of nitrogens with zero attached hydrogens (tertiary/aromatic N) is 1. The first-order valence-electron chi connectivity index (χ1n) is 6.72. The standard InChI is InChI=1S/C16H13NO4S/c1-21-16(20)11-9-12(18)17-7-8-22-15(17)13(11)14(19)10-5-3-2-4-6-10/h2-6,9H,7-8H2,1H3. The number of fused-ring (bicyclic) bond motifs is 1. The Morgan fingerprint density at radius 2 is 1.95 bits per heavy atom. The van der Waals surface area contributed by atoms with Crippen molar-refractivity contribution in [1.29, 1.82) is 0 Å². The predicted octanol–water partition coefficient (Wildman–Crippen LogP) is 1.97. The van der Waals surface area contributed by atoms with Crippen molar-refractivity contribution >= 4 is 23.5 Å². The number of ketones is 1. The molecule has 3 rings (SSSR count). The van der Waals surface area contributed by atoms with Gasteiger partial charge >= 0.3 is 5.97 Å². The first-order chi connectivity index (χ1) is 10.6. The van der Waals surface area contributed by atoms with Gasteiger partial charge in [-0.2, -0.15) is 0 Å². The fourth-order valence-electron chi connectivity index (χ4n) is 2.44. The maximum atomic E-state index is 12.8. The minimum atomic E-state index is -0.674. The van der Waals surface area contributed by atoms with Crippen LogP contribution in [0.25, 0.3) is 0 Å². The second-order valence-electron chi connectivity index (χ2n) is 4.76. The molecule has 1 aliphatic rings. The Balaban J connectivity index is 2.25. The second-order valence-corrected chi connectivity index (χ2v) is 5.85. The highest BCUT2D eigenvalue weighted by molar-refractivity contribution is 7.99. The topological polar surface area (TPSA) is 65.4 Å². The van der Waals surface area contributed by atoms with Crippen molar-refractivity contribution in [1.82, 2.24) is 4.57 Å². The fraction of sp³-hybridized carbons (Fsp3) is 0.188. The van der Waals surface area contributed by atoms with Crippen LogP contribution in [-0.2, 0) is 11.3 Å². The van der Waals surface area contributed by atoms with E-state index >= 15 is 0 Å². The maximum Gasteiger partial charge on any atom is 0.338 e. The van der Waals surface area contributed by atoms with Gasteiger partial charge in [0.15, 0.2) is 5.78 Å². The normalized spacial score (nSPS) is 12.8. The molecule has 0 unspecified atom stereocenters. The molecule has 0 N–H and O–H groups in total. The Kier molecular flexibility index (Phi) is 3.85. The molecule has 0 saturated heterocycles. The molecule has 1 aromatic carbocycles. The summed E-state index contributed by atoms with van der Waals surface area (Å²) >= 11 is 1.41. The maximum absolute atomic E-state index is 12.8. The minimum absolute atomic E-state index is 0.0296. The SMILES string of the molecule is COC(=O)c1cc(=O)n2c(c1C(=O)c1ccccc1)SCC2. The smallest absolute Gasteiger partial charge is 0.338 e. The number of hydrogen-bond donors (Lipinski definition) is 0. The van der Waals surface area contributed by atoms with Gasteiger partial charge in [-0.05, 0) is 0 Å². The average molecular weight is 315 g/mol. The fourth-order valence-corrected chi connectivity index (χ4v) is 3.59. The van der Waals surface area contributed by atoms with Crippen LogP contribution >= 0.6 is 11.8 Å². The molecule has 0 spiro atoms. The molecule has 1 aliphatic heterocycles. The molecule has 112 valence electrons. The monoisotopic (exact) mass is 315 g/mol. The molecule has 0 atom stereocenters. The summed E-state index contributed by atoms with van der Waals surface area (Å²) in [7, 11) is 1.23. The molecule has 0 saturated carbocycles. The Hall–Kier alpha value is -2.34. The van der Waals surface area contributed by atoms with Crippen LogP contribution in [0.3, 0.4) is 0 Å². The van der Waals surface area contributed by atoms with Gasteiger partial charge in [0.2, 0.25) is 0 Å². The molecule has 1 aromatic heterocycles. The van der Waals surface area contributed by atoms with Gasteiger partial charge in [-0.3, -0.25) is 9.59 Å². The summed E-state index contributed by atoms with van der Waals surface area (Å²) in [5.74, 6) is -0.249. The molecule has 5 nitrogen and oxygen atoms in total. The Bertz CT molecular complexity index is 811. The number of rotatable bonds is 3. The average Bonchev–Trinajstić information content (AvgIpc) is 3.04. The van der Waals surface area contributed by atoms with E-state index < -0.39 is 5.97 Å². The van der Waals surface area contributed by atoms with E-state index in [9.17, 15) is 14.4 Å². The summed E-state index contributed by atoms with van der Waals surface area (Å²) in [6, 6.07) is 9.89. The van der Waals surface area contributed by atoms with Gasteiger partial charge in [0.1, 0.15) is 0 Å². The molecule has 0 aliphatic carbocycles. The van der Waals surface area contributed by atoms with E-state index in [1.165, 1.54) is 29.5 Å². The number of methoxy groups -OCH3 is 1. The predicted molar refractivity (Wildman–Crippen MR) is 82.6 cm³/mol. The lowest BCUT2D eigenvalue weighted by Crippen LogP contribution is -2.25. The van der Waals surface area contributed by atoms with Gasteiger partial charge in [0.05, 0.1) is 23.3 Å². The molecule has 0 fully saturated rings. The van der Waals surface area contributed by atoms with E-state index in [2.05, 4.69) is 0 Å². The van der Waals surface area contributed by atoms with Crippen molar-refractivity contribution in [3.8, 4) is 0 Å². The number of benzene rings is 1. The van der Waals surface area contributed by atoms with Gasteiger partial charge in [0.25, 0.3) is 5.56 Å². The molecule has 2 heterocycles. The zero-order valence-electron chi connectivity index (χ0n) is 11.9. The lowest BCUT2D eigenvalue weighted by Gasteiger charge is -2.12. The van der Waals surface area contributed by atoms with Crippen molar-refractivity contribution in [2.45, 2.75) is 11.6 Å². The molecule has 0 amide bonds. The Morgan fingerprint density at radius 3 is 2.64 bits per heavy atom. The van der Waals surface area contributed by atoms with Crippen molar-refractivity contribution in [3.05, 3.63) is 63.4 Å². The van der Waals surface area contributed by atoms with Gasteiger partial charge in [-0.25, -0.2) is 4.79 Å². The number of aromatic nitrogens is 1. The molecule has 0 bridgehead atoms. The largest absolute Gasteiger partial charge is 0.465 e. The molecule has 2 aromatic rings. The number of carbonyl (C=O) groups excluding carboxylic acids is 2. The quantitative estimate of drug-likeness (QED) is 0.640. The van der Waals surface area contributed by atoms with Crippen LogP contribution in [0.2, 0.25) is 0 Å². The van der Waals surface area contributed by atoms with Crippen LogP contribution in [0.15, 0.2) is 46.2 Å². The van der Waals surface area contributed by atoms with Crippen LogP contribution in [0.4, 0.5) is 0 Å². The summed E-state index contributed by atoms with van der Waals surface area (Å²) in [6.07, 6.45) is 0. The molecular weight excluding hydrogens is 302 g/mol. The second kappa shape index (κ2) is 5.81. The minimum Gasteiger partial charge on any atom is -0.465 e. The van der Waals surface area contributed by atoms with Crippen LogP contribution < -0.4 is 5.56 Å². The zero-order valence-corrected chi connectivity index (χ0v) is 12.7. The van der Waals surface area contributed by atoms with E-state index in [0.717, 1.165) is 0 Å². The first-order valence-corrected chi connectivity index (χ1v) is 7.70. The number of pyridine rings is 1. The third kappa shape index (κ3) is 2.35. The summed E-state index contributed by atoms with van der Waals surface area (Å²) in [4.78, 5) is 36.9. The Labute approximate surface area is 130 Å². The molecule has 0 radical (unpaired) electrons. The highest BCUT2D eigenvalue weighted by Crippen LogP contribution is 2.31. The molecule has 6 heteroatoms. The lowest BCUT2D eigenvalue weighted by atomic mass is 10.00. The van der Waals surface area contributed by atoms with Crippen LogP contribution in [-0.4, -0.2) is 29.2 Å². The van der Waals surface area contributed by atoms with Crippen molar-refractivity contribution in [3.63, 3.8) is 0 Å². The Morgan fingerprint density at radius 1 is 1.23 bits per heavy atom. The summed E-state index contributed by atoms with van der Waals surface area (Å²) < 4.78 is 6.26. The van der Waals surface area contributed by atoms with Crippen LogP contribution in [0, 0.1) is 0 Å². The number of carbonyl (C=O) groups is 2. The third-order valence-electron chi connectivity index (χ3n) is 3.48. The van der Waals surface area contributed by atoms with Gasteiger partial charge < -0.3 is 9.30 Å². The van der Waals surface area contributed by atoms with Crippen LogP contribution in [0.5, 0.6) is 0 Å². The van der Waals surface area contributed by atoms with Crippen molar-refractivity contribution in [2.24, 2.45) is 0 Å². The van der Waals surface area contributed by atoms with E-state index in [4.69, 9.17) is 4.74 Å². The van der Waals surface area contributed by atoms with Gasteiger partial charge in [-0.15, -0.1) is 11.8 Å². The summed E-state index contributed by atoms with van der Waals surface area (Å²) in [6.45, 7) is 0.537. The van der Waals surface area contributed by atoms with Crippen molar-refractivity contribution < 1.29 is 14.3 Å². The zero-order chi connectivity index (χ0) is 15.7. The summed E-state index contributed by atoms with van der Waals surface area (Å²) in [5, 5.41) is 0.543. The highest BCUT2D eigenvalue weighted by Gasteiger charge is 2.28. The number of hydrogen-bond acceptors (Lipinski definition) is 5. The third-order valence-corrected chi connectivity index (χ3v) is 4.57. The van der Waals surface area contributed by atoms with E-state index in [1.54, 1.807) is 24.3 Å². The number of ether oxygens (including phenoxy) is 1.